The number of carboxylic acids is 1. The van der Waals surface area contributed by atoms with Crippen LogP contribution in [0.2, 0.25) is 0 Å². The number of anilines is 1. The van der Waals surface area contributed by atoms with Crippen LogP contribution in [0.1, 0.15) is 34.8 Å². The minimum absolute atomic E-state index is 0.0234. The van der Waals surface area contributed by atoms with Crippen molar-refractivity contribution in [1.82, 2.24) is 15.3 Å². The molecule has 232 valence electrons. The Labute approximate surface area is 254 Å². The molecule has 0 aliphatic carbocycles. The van der Waals surface area contributed by atoms with E-state index in [4.69, 9.17) is 0 Å². The largest absolute Gasteiger partial charge is 0.480 e. The van der Waals surface area contributed by atoms with Crippen molar-refractivity contribution >= 4 is 39.4 Å². The fourth-order valence-corrected chi connectivity index (χ4v) is 5.36. The summed E-state index contributed by atoms with van der Waals surface area (Å²) >= 11 is 0. The van der Waals surface area contributed by atoms with Crippen LogP contribution in [-0.2, 0) is 11.2 Å². The van der Waals surface area contributed by atoms with E-state index in [-0.39, 0.29) is 24.1 Å². The number of carbonyl (C=O) groups excluding carboxylic acids is 1. The molecule has 5 aromatic rings. The zero-order valence-electron chi connectivity index (χ0n) is 24.0. The highest BCUT2D eigenvalue weighted by molar-refractivity contribution is 6.03. The number of carbonyl (C=O) groups is 2. The summed E-state index contributed by atoms with van der Waals surface area (Å²) < 4.78 is 69.1. The number of nitrogens with one attached hydrogen (secondary N) is 2. The van der Waals surface area contributed by atoms with Crippen LogP contribution in [0.5, 0.6) is 0 Å². The quantitative estimate of drug-likeness (QED) is 0.150. The van der Waals surface area contributed by atoms with Crippen molar-refractivity contribution in [2.24, 2.45) is 0 Å². The number of halogens is 5. The first kappa shape index (κ1) is 31.3. The Hall–Kier alpha value is -5.13. The van der Waals surface area contributed by atoms with Crippen LogP contribution in [-0.4, -0.2) is 45.2 Å². The predicted octanol–water partition coefficient (Wildman–Crippen LogP) is 7.22. The fraction of sp³-hybridized carbons (Fsp3) is 0.212. The number of alkyl halides is 3. The number of pyridine rings is 2. The topological polar surface area (TPSA) is 104 Å². The molecule has 45 heavy (non-hydrogen) atoms. The van der Waals surface area contributed by atoms with Crippen molar-refractivity contribution in [3.63, 3.8) is 0 Å². The van der Waals surface area contributed by atoms with E-state index in [9.17, 15) is 32.3 Å². The van der Waals surface area contributed by atoms with Gasteiger partial charge in [-0.15, -0.1) is 0 Å². The zero-order valence-corrected chi connectivity index (χ0v) is 24.0. The van der Waals surface area contributed by atoms with Gasteiger partial charge in [0.05, 0.1) is 16.6 Å². The average Bonchev–Trinajstić information content (AvgIpc) is 2.99. The Balaban J connectivity index is 1.44. The molecule has 0 aliphatic rings. The number of amides is 1. The average molecular weight is 623 g/mol. The molecule has 3 aromatic carbocycles. The zero-order chi connectivity index (χ0) is 32.5. The number of hydrogen-bond acceptors (Lipinski definition) is 5. The van der Waals surface area contributed by atoms with Gasteiger partial charge in [0, 0.05) is 46.4 Å². The van der Waals surface area contributed by atoms with Crippen LogP contribution in [0, 0.1) is 18.6 Å². The van der Waals surface area contributed by atoms with Crippen LogP contribution in [0.15, 0.2) is 73.1 Å². The molecular weight excluding hydrogens is 595 g/mol. The van der Waals surface area contributed by atoms with Crippen LogP contribution >= 0.6 is 0 Å². The maximum atomic E-state index is 15.1. The molecule has 0 radical (unpaired) electrons. The lowest BCUT2D eigenvalue weighted by Gasteiger charge is -2.22. The first-order chi connectivity index (χ1) is 21.4. The van der Waals surface area contributed by atoms with Crippen LogP contribution in [0.25, 0.3) is 32.9 Å². The summed E-state index contributed by atoms with van der Waals surface area (Å²) in [6, 6.07) is 11.5. The highest BCUT2D eigenvalue weighted by atomic mass is 19.4. The van der Waals surface area contributed by atoms with Gasteiger partial charge in [0.15, 0.2) is 0 Å². The molecule has 0 saturated heterocycles. The van der Waals surface area contributed by atoms with E-state index in [2.05, 4.69) is 20.6 Å². The van der Waals surface area contributed by atoms with E-state index in [0.717, 1.165) is 6.07 Å². The predicted molar refractivity (Wildman–Crippen MR) is 160 cm³/mol. The molecule has 12 heteroatoms. The number of fused-ring (bicyclic) bond motifs is 2. The number of nitrogens with zero attached hydrogens (tertiary/aromatic N) is 2. The highest BCUT2D eigenvalue weighted by Gasteiger charge is 2.38. The first-order valence-electron chi connectivity index (χ1n) is 14.0. The monoisotopic (exact) mass is 622 g/mol. The Morgan fingerprint density at radius 2 is 1.51 bits per heavy atom. The molecule has 0 aliphatic heterocycles. The number of hydrogen-bond donors (Lipinski definition) is 3. The molecule has 0 spiro atoms. The molecule has 2 atom stereocenters. The molecular formula is C33H27F5N4O3. The second-order valence-electron chi connectivity index (χ2n) is 10.5. The number of carboxylic acid groups (broad SMARTS) is 1. The van der Waals surface area contributed by atoms with E-state index >= 15 is 4.39 Å². The number of benzene rings is 3. The number of aliphatic carboxylic acids is 1. The number of aromatic nitrogens is 2. The van der Waals surface area contributed by atoms with Crippen molar-refractivity contribution < 1.29 is 36.6 Å². The molecule has 1 amide bonds. The first-order valence-corrected chi connectivity index (χ1v) is 14.0. The Morgan fingerprint density at radius 1 is 0.889 bits per heavy atom. The lowest BCUT2D eigenvalue weighted by atomic mass is 9.94. The molecule has 2 aromatic heterocycles. The summed E-state index contributed by atoms with van der Waals surface area (Å²) in [5.74, 6) is -3.95. The third-order valence-electron chi connectivity index (χ3n) is 7.55. The van der Waals surface area contributed by atoms with Gasteiger partial charge in [-0.05, 0) is 66.9 Å². The van der Waals surface area contributed by atoms with Gasteiger partial charge in [-0.2, -0.15) is 13.2 Å². The van der Waals surface area contributed by atoms with Gasteiger partial charge in [-0.25, -0.2) is 13.6 Å². The minimum atomic E-state index is -4.56. The van der Waals surface area contributed by atoms with Gasteiger partial charge < -0.3 is 15.7 Å². The van der Waals surface area contributed by atoms with Crippen molar-refractivity contribution in [2.75, 3.05) is 5.32 Å². The molecule has 0 bridgehead atoms. The molecule has 0 fully saturated rings. The molecule has 7 nitrogen and oxygen atoms in total. The number of aryl methyl sites for hydroxylation is 1. The summed E-state index contributed by atoms with van der Waals surface area (Å²) in [6.45, 7) is 2.68. The van der Waals surface area contributed by atoms with Crippen molar-refractivity contribution in [3.05, 3.63) is 101 Å². The highest BCUT2D eigenvalue weighted by Crippen LogP contribution is 2.35. The lowest BCUT2D eigenvalue weighted by molar-refractivity contribution is -0.143. The summed E-state index contributed by atoms with van der Waals surface area (Å²) in [4.78, 5) is 34.2. The van der Waals surface area contributed by atoms with Gasteiger partial charge >= 0.3 is 12.1 Å². The maximum Gasteiger partial charge on any atom is 0.408 e. The van der Waals surface area contributed by atoms with Crippen LogP contribution in [0.4, 0.5) is 27.6 Å². The van der Waals surface area contributed by atoms with Crippen molar-refractivity contribution in [3.8, 4) is 11.1 Å². The third-order valence-corrected chi connectivity index (χ3v) is 7.55. The SMILES string of the molecule is CC[C@@H](Nc1cc(C)c(C(=O)N[C@@H](Cc2ccc(-c3ccc(F)c4cccnc34)c3ncccc23)C(=O)O)c(F)c1)C(F)(F)F. The van der Waals surface area contributed by atoms with E-state index in [1.54, 1.807) is 54.9 Å². The van der Waals surface area contributed by atoms with Crippen molar-refractivity contribution in [2.45, 2.75) is 44.9 Å². The van der Waals surface area contributed by atoms with Crippen LogP contribution in [0.3, 0.4) is 0 Å². The third kappa shape index (κ3) is 6.40. The Morgan fingerprint density at radius 3 is 2.11 bits per heavy atom. The van der Waals surface area contributed by atoms with Crippen LogP contribution < -0.4 is 10.6 Å². The molecule has 0 saturated carbocycles. The fourth-order valence-electron chi connectivity index (χ4n) is 5.36. The van der Waals surface area contributed by atoms with E-state index < -0.39 is 47.3 Å². The molecule has 3 N–H and O–H groups in total. The normalized spacial score (nSPS) is 13.0. The maximum absolute atomic E-state index is 15.1. The lowest BCUT2D eigenvalue weighted by Crippen LogP contribution is -2.43. The Bertz CT molecular complexity index is 1910. The summed E-state index contributed by atoms with van der Waals surface area (Å²) in [7, 11) is 0. The van der Waals surface area contributed by atoms with Gasteiger partial charge in [-0.1, -0.05) is 25.1 Å². The summed E-state index contributed by atoms with van der Waals surface area (Å²) in [6.07, 6.45) is -1.95. The molecule has 5 rings (SSSR count). The molecule has 0 unspecified atom stereocenters. The second kappa shape index (κ2) is 12.5. The van der Waals surface area contributed by atoms with Gasteiger partial charge in [0.2, 0.25) is 0 Å². The van der Waals surface area contributed by atoms with Crippen molar-refractivity contribution in [1.29, 1.82) is 0 Å². The Kier molecular flexibility index (Phi) is 8.67. The van der Waals surface area contributed by atoms with Gasteiger partial charge in [-0.3, -0.25) is 14.8 Å². The second-order valence-corrected chi connectivity index (χ2v) is 10.5. The molecule has 2 heterocycles. The number of rotatable bonds is 9. The van der Waals surface area contributed by atoms with E-state index in [1.165, 1.54) is 26.0 Å². The van der Waals surface area contributed by atoms with Gasteiger partial charge in [0.1, 0.15) is 23.7 Å². The van der Waals surface area contributed by atoms with E-state index in [0.29, 0.717) is 38.5 Å². The summed E-state index contributed by atoms with van der Waals surface area (Å²) in [5.41, 5.74) is 2.08. The summed E-state index contributed by atoms with van der Waals surface area (Å²) in [5, 5.41) is 15.5. The minimum Gasteiger partial charge on any atom is -0.480 e. The van der Waals surface area contributed by atoms with Gasteiger partial charge in [0.25, 0.3) is 5.91 Å². The standard InChI is InChI=1S/C33H27F5N4O3/c1-3-27(33(36,37)38)41-19-14-17(2)28(25(35)16-19)31(43)42-26(32(44)45)15-18-8-9-21(29-20(18)6-4-12-39-29)22-10-11-24(34)23-7-5-13-40-30(22)23/h4-14,16,26-27,41H,3,15H2,1-2H3,(H,42,43)(H,44,45)/t26-,27+/m0/s1. The van der Waals surface area contributed by atoms with E-state index in [1.807, 2.05) is 0 Å². The smallest absolute Gasteiger partial charge is 0.408 e.